The average molecular weight is 329 g/mol. The lowest BCUT2D eigenvalue weighted by Gasteiger charge is -2.34. The minimum atomic E-state index is 0.473. The van der Waals surface area contributed by atoms with Crippen LogP contribution in [0.4, 0.5) is 11.8 Å². The van der Waals surface area contributed by atoms with E-state index in [-0.39, 0.29) is 0 Å². The van der Waals surface area contributed by atoms with E-state index in [0.717, 1.165) is 43.1 Å². The molecule has 7 heteroatoms. The lowest BCUT2D eigenvalue weighted by molar-refractivity contribution is 0.247. The number of nitrogens with two attached hydrogens (primary N) is 1. The van der Waals surface area contributed by atoms with Gasteiger partial charge in [-0.1, -0.05) is 0 Å². The highest BCUT2D eigenvalue weighted by Gasteiger charge is 2.31. The van der Waals surface area contributed by atoms with Gasteiger partial charge >= 0.3 is 0 Å². The molecule has 0 amide bonds. The number of fused-ring (bicyclic) bond motifs is 1. The van der Waals surface area contributed by atoms with Crippen LogP contribution in [0.1, 0.15) is 12.8 Å². The molecular formula is C17H23N5O2. The number of anilines is 2. The molecule has 2 heterocycles. The quantitative estimate of drug-likeness (QED) is 0.911. The Labute approximate surface area is 141 Å². The summed E-state index contributed by atoms with van der Waals surface area (Å²) >= 11 is 0. The number of aromatic nitrogens is 2. The number of piperazine rings is 1. The second-order valence-electron chi connectivity index (χ2n) is 6.39. The van der Waals surface area contributed by atoms with Gasteiger partial charge in [-0.25, -0.2) is 4.98 Å². The molecule has 0 bridgehead atoms. The van der Waals surface area contributed by atoms with Crippen molar-refractivity contribution in [2.45, 2.75) is 18.9 Å². The van der Waals surface area contributed by atoms with Gasteiger partial charge in [-0.05, 0) is 18.9 Å². The first-order valence-electron chi connectivity index (χ1n) is 8.38. The van der Waals surface area contributed by atoms with Crippen molar-refractivity contribution in [3.05, 3.63) is 12.1 Å². The van der Waals surface area contributed by atoms with Gasteiger partial charge in [0.05, 0.1) is 19.7 Å². The maximum atomic E-state index is 6.18. The van der Waals surface area contributed by atoms with Gasteiger partial charge < -0.3 is 20.1 Å². The van der Waals surface area contributed by atoms with Crippen LogP contribution in [-0.2, 0) is 0 Å². The highest BCUT2D eigenvalue weighted by atomic mass is 16.5. The maximum absolute atomic E-state index is 6.18. The third kappa shape index (κ3) is 2.69. The predicted molar refractivity (Wildman–Crippen MR) is 93.9 cm³/mol. The molecule has 1 aliphatic carbocycles. The van der Waals surface area contributed by atoms with Crippen LogP contribution >= 0.6 is 0 Å². The van der Waals surface area contributed by atoms with Gasteiger partial charge in [0.15, 0.2) is 11.5 Å². The molecule has 1 saturated carbocycles. The normalized spacial score (nSPS) is 18.8. The van der Waals surface area contributed by atoms with Crippen LogP contribution in [0, 0.1) is 0 Å². The molecular weight excluding hydrogens is 306 g/mol. The Hall–Kier alpha value is -2.28. The van der Waals surface area contributed by atoms with E-state index >= 15 is 0 Å². The van der Waals surface area contributed by atoms with Crippen molar-refractivity contribution in [1.82, 2.24) is 14.9 Å². The van der Waals surface area contributed by atoms with Crippen molar-refractivity contribution in [2.75, 3.05) is 51.0 Å². The summed E-state index contributed by atoms with van der Waals surface area (Å²) in [6, 6.07) is 4.50. The monoisotopic (exact) mass is 329 g/mol. The number of methoxy groups -OCH3 is 2. The molecule has 24 heavy (non-hydrogen) atoms. The van der Waals surface area contributed by atoms with Crippen LogP contribution in [0.25, 0.3) is 10.9 Å². The summed E-state index contributed by atoms with van der Waals surface area (Å²) in [6.45, 7) is 4.01. The Morgan fingerprint density at radius 1 is 1.00 bits per heavy atom. The second-order valence-corrected chi connectivity index (χ2v) is 6.39. The van der Waals surface area contributed by atoms with E-state index in [2.05, 4.69) is 14.8 Å². The van der Waals surface area contributed by atoms with E-state index in [1.54, 1.807) is 14.2 Å². The van der Waals surface area contributed by atoms with Crippen LogP contribution < -0.4 is 20.1 Å². The summed E-state index contributed by atoms with van der Waals surface area (Å²) in [7, 11) is 3.22. The van der Waals surface area contributed by atoms with Gasteiger partial charge in [0, 0.05) is 43.7 Å². The van der Waals surface area contributed by atoms with Gasteiger partial charge in [0.1, 0.15) is 5.82 Å². The first-order valence-corrected chi connectivity index (χ1v) is 8.38. The van der Waals surface area contributed by atoms with Crippen molar-refractivity contribution >= 4 is 22.7 Å². The van der Waals surface area contributed by atoms with E-state index in [1.807, 2.05) is 12.1 Å². The molecule has 1 aromatic carbocycles. The van der Waals surface area contributed by atoms with Gasteiger partial charge in [-0.15, -0.1) is 0 Å². The smallest absolute Gasteiger partial charge is 0.227 e. The van der Waals surface area contributed by atoms with Crippen molar-refractivity contribution < 1.29 is 9.47 Å². The molecule has 0 radical (unpaired) electrons. The zero-order chi connectivity index (χ0) is 16.7. The lowest BCUT2D eigenvalue weighted by Crippen LogP contribution is -2.47. The molecule has 4 rings (SSSR count). The second kappa shape index (κ2) is 5.98. The van der Waals surface area contributed by atoms with Crippen LogP contribution in [0.3, 0.4) is 0 Å². The Balaban J connectivity index is 1.64. The number of rotatable bonds is 4. The molecule has 2 aromatic rings. The largest absolute Gasteiger partial charge is 0.493 e. The first kappa shape index (κ1) is 15.3. The van der Waals surface area contributed by atoms with E-state index in [9.17, 15) is 0 Å². The Morgan fingerprint density at radius 3 is 2.29 bits per heavy atom. The fraction of sp³-hybridized carbons (Fsp3) is 0.529. The maximum Gasteiger partial charge on any atom is 0.227 e. The topological polar surface area (TPSA) is 76.7 Å². The Morgan fingerprint density at radius 2 is 1.67 bits per heavy atom. The van der Waals surface area contributed by atoms with Gasteiger partial charge in [0.25, 0.3) is 0 Å². The van der Waals surface area contributed by atoms with Crippen LogP contribution in [-0.4, -0.2) is 61.3 Å². The number of nitrogen functional groups attached to an aromatic ring is 1. The van der Waals surface area contributed by atoms with Crippen LogP contribution in [0.5, 0.6) is 11.5 Å². The van der Waals surface area contributed by atoms with Crippen molar-refractivity contribution in [2.24, 2.45) is 0 Å². The first-order chi connectivity index (χ1) is 11.7. The number of nitrogens with zero attached hydrogens (tertiary/aromatic N) is 4. The molecule has 1 aromatic heterocycles. The summed E-state index contributed by atoms with van der Waals surface area (Å²) in [5, 5.41) is 0.785. The summed E-state index contributed by atoms with van der Waals surface area (Å²) in [4.78, 5) is 14.0. The van der Waals surface area contributed by atoms with Crippen molar-refractivity contribution in [3.63, 3.8) is 0 Å². The average Bonchev–Trinajstić information content (AvgIpc) is 3.46. The standard InChI is InChI=1S/C17H23N5O2/c1-23-14-9-12-13(10-15(14)24-2)19-17(20-16(12)18)22-7-5-21(6-8-22)11-3-4-11/h9-11H,3-8H2,1-2H3,(H2,18,19,20). The molecule has 0 atom stereocenters. The van der Waals surface area contributed by atoms with Crippen molar-refractivity contribution in [1.29, 1.82) is 0 Å². The van der Waals surface area contributed by atoms with Crippen molar-refractivity contribution in [3.8, 4) is 11.5 Å². The minimum Gasteiger partial charge on any atom is -0.493 e. The molecule has 0 spiro atoms. The fourth-order valence-corrected chi connectivity index (χ4v) is 3.33. The zero-order valence-electron chi connectivity index (χ0n) is 14.2. The lowest BCUT2D eigenvalue weighted by atomic mass is 10.2. The molecule has 1 aliphatic heterocycles. The van der Waals surface area contributed by atoms with E-state index in [0.29, 0.717) is 23.3 Å². The number of benzene rings is 1. The van der Waals surface area contributed by atoms with E-state index < -0.39 is 0 Å². The van der Waals surface area contributed by atoms with Gasteiger partial charge in [0.2, 0.25) is 5.95 Å². The zero-order valence-corrected chi connectivity index (χ0v) is 14.2. The molecule has 128 valence electrons. The SMILES string of the molecule is COc1cc2nc(N3CCN(C4CC4)CC3)nc(N)c2cc1OC. The van der Waals surface area contributed by atoms with Gasteiger partial charge in [-0.3, -0.25) is 4.90 Å². The molecule has 2 aliphatic rings. The molecule has 7 nitrogen and oxygen atoms in total. The molecule has 2 N–H and O–H groups in total. The summed E-state index contributed by atoms with van der Waals surface area (Å²) < 4.78 is 10.7. The Kier molecular flexibility index (Phi) is 3.80. The molecule has 2 fully saturated rings. The molecule has 1 saturated heterocycles. The number of hydrogen-bond acceptors (Lipinski definition) is 7. The predicted octanol–water partition coefficient (Wildman–Crippen LogP) is 1.51. The summed E-state index contributed by atoms with van der Waals surface area (Å²) in [6.07, 6.45) is 2.70. The Bertz CT molecular complexity index is 754. The van der Waals surface area contributed by atoms with Crippen LogP contribution in [0.2, 0.25) is 0 Å². The summed E-state index contributed by atoms with van der Waals surface area (Å²) in [5.41, 5.74) is 6.96. The number of ether oxygens (including phenoxy) is 2. The fourth-order valence-electron chi connectivity index (χ4n) is 3.33. The molecule has 0 unspecified atom stereocenters. The minimum absolute atomic E-state index is 0.473. The third-order valence-electron chi connectivity index (χ3n) is 4.88. The van der Waals surface area contributed by atoms with E-state index in [1.165, 1.54) is 12.8 Å². The van der Waals surface area contributed by atoms with Crippen LogP contribution in [0.15, 0.2) is 12.1 Å². The third-order valence-corrected chi connectivity index (χ3v) is 4.88. The highest BCUT2D eigenvalue weighted by Crippen LogP contribution is 2.34. The van der Waals surface area contributed by atoms with E-state index in [4.69, 9.17) is 20.2 Å². The summed E-state index contributed by atoms with van der Waals surface area (Å²) in [5.74, 6) is 2.45. The van der Waals surface area contributed by atoms with Gasteiger partial charge in [-0.2, -0.15) is 4.98 Å². The number of hydrogen-bond donors (Lipinski definition) is 1. The highest BCUT2D eigenvalue weighted by molar-refractivity contribution is 5.91.